The molecule has 5 nitrogen and oxygen atoms in total. The highest BCUT2D eigenvalue weighted by Crippen LogP contribution is 2.27. The Balaban J connectivity index is 1.67. The van der Waals surface area contributed by atoms with Crippen molar-refractivity contribution in [3.05, 3.63) is 47.8 Å². The van der Waals surface area contributed by atoms with Crippen LogP contribution in [0, 0.1) is 0 Å². The topological polar surface area (TPSA) is 56.2 Å². The number of hydrogen-bond donors (Lipinski definition) is 1. The first-order valence-corrected chi connectivity index (χ1v) is 8.00. The van der Waals surface area contributed by atoms with Gasteiger partial charge in [-0.2, -0.15) is 18.3 Å². The third-order valence-electron chi connectivity index (χ3n) is 4.15. The molecule has 8 heteroatoms. The van der Waals surface area contributed by atoms with Gasteiger partial charge in [0.1, 0.15) is 0 Å². The van der Waals surface area contributed by atoms with Crippen molar-refractivity contribution >= 4 is 5.91 Å². The zero-order chi connectivity index (χ0) is 18.0. The van der Waals surface area contributed by atoms with Crippen molar-refractivity contribution in [3.63, 3.8) is 0 Å². The Labute approximate surface area is 142 Å². The lowest BCUT2D eigenvalue weighted by Crippen LogP contribution is -2.40. The first-order chi connectivity index (χ1) is 11.8. The van der Waals surface area contributed by atoms with Crippen LogP contribution in [0.25, 0.3) is 5.69 Å². The predicted molar refractivity (Wildman–Crippen MR) is 84.5 cm³/mol. The van der Waals surface area contributed by atoms with Gasteiger partial charge in [0.05, 0.1) is 17.8 Å². The minimum atomic E-state index is -4.48. The van der Waals surface area contributed by atoms with Crippen molar-refractivity contribution in [2.45, 2.75) is 38.1 Å². The van der Waals surface area contributed by atoms with E-state index < -0.39 is 11.9 Å². The summed E-state index contributed by atoms with van der Waals surface area (Å²) in [5, 5.41) is 6.39. The number of carbonyl (C=O) groups excluding carboxylic acids is 1. The Morgan fingerprint density at radius 1 is 1.32 bits per heavy atom. The lowest BCUT2D eigenvalue weighted by molar-refractivity contribution is -0.141. The maximum atomic E-state index is 12.6. The lowest BCUT2D eigenvalue weighted by Gasteiger charge is -2.20. The molecule has 1 aliphatic heterocycles. The van der Waals surface area contributed by atoms with Crippen LogP contribution in [0.15, 0.2) is 36.5 Å². The quantitative estimate of drug-likeness (QED) is 0.918. The summed E-state index contributed by atoms with van der Waals surface area (Å²) in [6.45, 7) is 2.61. The van der Waals surface area contributed by atoms with Crippen molar-refractivity contribution in [1.82, 2.24) is 15.1 Å². The van der Waals surface area contributed by atoms with Crippen LogP contribution in [0.5, 0.6) is 0 Å². The van der Waals surface area contributed by atoms with Crippen LogP contribution in [-0.2, 0) is 10.9 Å². The Morgan fingerprint density at radius 2 is 2.04 bits per heavy atom. The fourth-order valence-corrected chi connectivity index (χ4v) is 2.76. The number of aromatic nitrogens is 2. The summed E-state index contributed by atoms with van der Waals surface area (Å²) in [7, 11) is 0. The van der Waals surface area contributed by atoms with Crippen molar-refractivity contribution in [1.29, 1.82) is 0 Å². The maximum absolute atomic E-state index is 12.6. The van der Waals surface area contributed by atoms with E-state index in [0.717, 1.165) is 23.6 Å². The summed E-state index contributed by atoms with van der Waals surface area (Å²) in [5.41, 5.74) is -0.0873. The molecule has 2 aromatic rings. The van der Waals surface area contributed by atoms with Crippen molar-refractivity contribution in [2.75, 3.05) is 6.61 Å². The zero-order valence-electron chi connectivity index (χ0n) is 13.6. The molecule has 0 bridgehead atoms. The molecule has 134 valence electrons. The first-order valence-electron chi connectivity index (χ1n) is 8.00. The summed E-state index contributed by atoms with van der Waals surface area (Å²) in [6, 6.07) is 7.03. The van der Waals surface area contributed by atoms with E-state index in [1.54, 1.807) is 24.3 Å². The Morgan fingerprint density at radius 3 is 2.60 bits per heavy atom. The molecule has 0 saturated carbocycles. The number of halogens is 3. The molecule has 2 heterocycles. The molecule has 1 aliphatic rings. The van der Waals surface area contributed by atoms with Crippen LogP contribution in [0.4, 0.5) is 13.2 Å². The molecule has 3 rings (SSSR count). The summed E-state index contributed by atoms with van der Waals surface area (Å²) >= 11 is 0. The van der Waals surface area contributed by atoms with Gasteiger partial charge in [-0.1, -0.05) is 0 Å². The van der Waals surface area contributed by atoms with Crippen LogP contribution in [0.2, 0.25) is 0 Å². The highest BCUT2D eigenvalue weighted by Gasteiger charge is 2.33. The molecule has 2 unspecified atom stereocenters. The highest BCUT2D eigenvalue weighted by atomic mass is 19.4. The number of nitrogens with zero attached hydrogens (tertiary/aromatic N) is 2. The van der Waals surface area contributed by atoms with Gasteiger partial charge in [-0.05, 0) is 50.1 Å². The van der Waals surface area contributed by atoms with E-state index >= 15 is 0 Å². The number of carbonyl (C=O) groups is 1. The smallest absolute Gasteiger partial charge is 0.376 e. The van der Waals surface area contributed by atoms with Crippen molar-refractivity contribution in [3.8, 4) is 5.69 Å². The molecule has 2 atom stereocenters. The van der Waals surface area contributed by atoms with Crippen molar-refractivity contribution < 1.29 is 22.7 Å². The SMILES string of the molecule is CC(NC(=O)c1ccc(-n2ccc(C(F)(F)F)n2)cc1)C1CCCO1. The molecule has 1 amide bonds. The number of alkyl halides is 3. The van der Waals surface area contributed by atoms with Gasteiger partial charge in [0.2, 0.25) is 0 Å². The molecule has 25 heavy (non-hydrogen) atoms. The van der Waals surface area contributed by atoms with Gasteiger partial charge in [0.25, 0.3) is 5.91 Å². The zero-order valence-corrected chi connectivity index (χ0v) is 13.6. The number of nitrogens with one attached hydrogen (secondary N) is 1. The third-order valence-corrected chi connectivity index (χ3v) is 4.15. The Bertz CT molecular complexity index is 734. The number of amides is 1. The molecule has 1 fully saturated rings. The van der Waals surface area contributed by atoms with Gasteiger partial charge >= 0.3 is 6.18 Å². The standard InChI is InChI=1S/C17H18F3N3O2/c1-11(14-3-2-10-25-14)21-16(24)12-4-6-13(7-5-12)23-9-8-15(22-23)17(18,19)20/h4-9,11,14H,2-3,10H2,1H3,(H,21,24). The van der Waals surface area contributed by atoms with Gasteiger partial charge in [-0.15, -0.1) is 0 Å². The van der Waals surface area contributed by atoms with E-state index in [1.807, 2.05) is 6.92 Å². The normalized spacial score (nSPS) is 19.0. The molecule has 1 N–H and O–H groups in total. The molecule has 1 aromatic heterocycles. The van der Waals surface area contributed by atoms with Gasteiger partial charge in [0.15, 0.2) is 5.69 Å². The lowest BCUT2D eigenvalue weighted by atomic mass is 10.1. The van der Waals surface area contributed by atoms with E-state index in [-0.39, 0.29) is 18.1 Å². The predicted octanol–water partition coefficient (Wildman–Crippen LogP) is 3.19. The highest BCUT2D eigenvalue weighted by molar-refractivity contribution is 5.94. The molecular weight excluding hydrogens is 335 g/mol. The van der Waals surface area contributed by atoms with Gasteiger partial charge in [-0.25, -0.2) is 4.68 Å². The Hall–Kier alpha value is -2.35. The van der Waals surface area contributed by atoms with Crippen molar-refractivity contribution in [2.24, 2.45) is 0 Å². The molecule has 0 radical (unpaired) electrons. The van der Waals surface area contributed by atoms with Gasteiger partial charge in [0, 0.05) is 18.4 Å². The fourth-order valence-electron chi connectivity index (χ4n) is 2.76. The summed E-state index contributed by atoms with van der Waals surface area (Å²) in [6.07, 6.45) is -1.32. The first kappa shape index (κ1) is 17.5. The second kappa shape index (κ2) is 6.87. The second-order valence-electron chi connectivity index (χ2n) is 6.00. The van der Waals surface area contributed by atoms with Crippen LogP contribution in [0.3, 0.4) is 0 Å². The fraction of sp³-hybridized carbons (Fsp3) is 0.412. The average molecular weight is 353 g/mol. The largest absolute Gasteiger partial charge is 0.435 e. The molecular formula is C17H18F3N3O2. The Kier molecular flexibility index (Phi) is 4.80. The van der Waals surface area contributed by atoms with E-state index in [1.165, 1.54) is 6.20 Å². The van der Waals surface area contributed by atoms with Gasteiger partial charge < -0.3 is 10.1 Å². The number of benzene rings is 1. The number of hydrogen-bond acceptors (Lipinski definition) is 3. The van der Waals surface area contributed by atoms with Gasteiger partial charge in [-0.3, -0.25) is 4.79 Å². The molecule has 1 aromatic carbocycles. The van der Waals surface area contributed by atoms with Crippen LogP contribution >= 0.6 is 0 Å². The average Bonchev–Trinajstić information content (AvgIpc) is 3.26. The van der Waals surface area contributed by atoms with E-state index in [0.29, 0.717) is 17.9 Å². The minimum Gasteiger partial charge on any atom is -0.376 e. The molecule has 0 spiro atoms. The number of rotatable bonds is 4. The summed E-state index contributed by atoms with van der Waals surface area (Å²) in [5.74, 6) is -0.244. The molecule has 1 saturated heterocycles. The monoisotopic (exact) mass is 353 g/mol. The van der Waals surface area contributed by atoms with Crippen LogP contribution in [0.1, 0.15) is 35.8 Å². The third kappa shape index (κ3) is 4.01. The van der Waals surface area contributed by atoms with E-state index in [2.05, 4.69) is 10.4 Å². The molecule has 0 aliphatic carbocycles. The van der Waals surface area contributed by atoms with Crippen LogP contribution in [-0.4, -0.2) is 34.4 Å². The maximum Gasteiger partial charge on any atom is 0.435 e. The summed E-state index contributed by atoms with van der Waals surface area (Å²) in [4.78, 5) is 12.3. The summed E-state index contributed by atoms with van der Waals surface area (Å²) < 4.78 is 44.5. The van der Waals surface area contributed by atoms with E-state index in [4.69, 9.17) is 4.74 Å². The number of ether oxygens (including phenoxy) is 1. The van der Waals surface area contributed by atoms with Crippen LogP contribution < -0.4 is 5.32 Å². The van der Waals surface area contributed by atoms with E-state index in [9.17, 15) is 18.0 Å². The minimum absolute atomic E-state index is 0.0214. The second-order valence-corrected chi connectivity index (χ2v) is 6.00.